The highest BCUT2D eigenvalue weighted by molar-refractivity contribution is 5.88. The second-order valence-electron chi connectivity index (χ2n) is 2.03. The topological polar surface area (TPSA) is 55.1 Å². The zero-order valence-electron chi connectivity index (χ0n) is 5.84. The fraction of sp³-hybridized carbons (Fsp3) is 0.333. The van der Waals surface area contributed by atoms with Gasteiger partial charge in [-0.3, -0.25) is 4.79 Å². The van der Waals surface area contributed by atoms with E-state index in [4.69, 9.17) is 0 Å². The number of carbonyl (C=O) groups excluding carboxylic acids is 1. The molecule has 0 unspecified atom stereocenters. The number of hydrogen-bond donors (Lipinski definition) is 1. The summed E-state index contributed by atoms with van der Waals surface area (Å²) in [5.41, 5.74) is 0.829. The van der Waals surface area contributed by atoms with E-state index < -0.39 is 0 Å². The maximum atomic E-state index is 10.5. The predicted molar refractivity (Wildman–Crippen MR) is 35.5 cm³/mol. The van der Waals surface area contributed by atoms with Gasteiger partial charge in [-0.05, 0) is 6.92 Å². The number of hydrogen-bond acceptors (Lipinski definition) is 3. The van der Waals surface area contributed by atoms with Gasteiger partial charge in [0.25, 0.3) is 0 Å². The van der Waals surface area contributed by atoms with Crippen molar-refractivity contribution in [1.29, 1.82) is 0 Å². The maximum Gasteiger partial charge on any atom is 0.222 e. The molecule has 1 N–H and O–H groups in total. The molecule has 1 aromatic rings. The van der Waals surface area contributed by atoms with E-state index >= 15 is 0 Å². The lowest BCUT2D eigenvalue weighted by atomic mass is 10.4. The Kier molecular flexibility index (Phi) is 1.71. The molecule has 54 valence electrons. The summed E-state index contributed by atoms with van der Waals surface area (Å²) in [4.78, 5) is 10.5. The van der Waals surface area contributed by atoms with Crippen LogP contribution in [0.5, 0.6) is 0 Å². The van der Waals surface area contributed by atoms with E-state index in [0.29, 0.717) is 5.82 Å². The van der Waals surface area contributed by atoms with Crippen LogP contribution in [0.4, 0.5) is 5.82 Å². The molecule has 0 saturated carbocycles. The first-order valence-corrected chi connectivity index (χ1v) is 2.88. The van der Waals surface area contributed by atoms with Crippen LogP contribution in [0.2, 0.25) is 0 Å². The van der Waals surface area contributed by atoms with Crippen LogP contribution in [-0.2, 0) is 4.79 Å². The minimum Gasteiger partial charge on any atom is -0.362 e. The van der Waals surface area contributed by atoms with E-state index in [0.717, 1.165) is 5.56 Å². The first-order valence-electron chi connectivity index (χ1n) is 2.88. The van der Waals surface area contributed by atoms with Gasteiger partial charge in [0.15, 0.2) is 5.82 Å². The number of nitrogens with zero attached hydrogens (tertiary/aromatic N) is 1. The van der Waals surface area contributed by atoms with Crippen LogP contribution in [0, 0.1) is 6.92 Å². The summed E-state index contributed by atoms with van der Waals surface area (Å²) in [5, 5.41) is 6.06. The highest BCUT2D eigenvalue weighted by Crippen LogP contribution is 2.09. The second kappa shape index (κ2) is 2.51. The fourth-order valence-corrected chi connectivity index (χ4v) is 0.574. The second-order valence-corrected chi connectivity index (χ2v) is 2.03. The van der Waals surface area contributed by atoms with Crippen LogP contribution < -0.4 is 5.32 Å². The Hall–Kier alpha value is -1.32. The number of amides is 1. The van der Waals surface area contributed by atoms with Gasteiger partial charge < -0.3 is 9.84 Å². The maximum absolute atomic E-state index is 10.5. The minimum absolute atomic E-state index is 0.142. The van der Waals surface area contributed by atoms with Crippen LogP contribution >= 0.6 is 0 Å². The van der Waals surface area contributed by atoms with Gasteiger partial charge in [0.05, 0.1) is 0 Å². The molecule has 0 fully saturated rings. The largest absolute Gasteiger partial charge is 0.362 e. The lowest BCUT2D eigenvalue weighted by molar-refractivity contribution is -0.114. The summed E-state index contributed by atoms with van der Waals surface area (Å²) in [6.07, 6.45) is 1.48. The summed E-state index contributed by atoms with van der Waals surface area (Å²) >= 11 is 0. The third kappa shape index (κ3) is 1.34. The molecule has 0 saturated heterocycles. The van der Waals surface area contributed by atoms with Crippen molar-refractivity contribution < 1.29 is 9.32 Å². The lowest BCUT2D eigenvalue weighted by Crippen LogP contribution is -2.06. The van der Waals surface area contributed by atoms with Crippen molar-refractivity contribution in [2.45, 2.75) is 13.8 Å². The third-order valence-electron chi connectivity index (χ3n) is 1.04. The predicted octanol–water partition coefficient (Wildman–Crippen LogP) is 0.941. The number of carbonyl (C=O) groups is 1. The lowest BCUT2D eigenvalue weighted by Gasteiger charge is -1.93. The summed E-state index contributed by atoms with van der Waals surface area (Å²) in [6.45, 7) is 3.23. The number of nitrogens with one attached hydrogen (secondary N) is 1. The molecule has 0 radical (unpaired) electrons. The molecule has 4 heteroatoms. The highest BCUT2D eigenvalue weighted by atomic mass is 16.5. The van der Waals surface area contributed by atoms with E-state index in [2.05, 4.69) is 15.0 Å². The molecule has 1 amide bonds. The van der Waals surface area contributed by atoms with Crippen molar-refractivity contribution in [2.24, 2.45) is 0 Å². The summed E-state index contributed by atoms with van der Waals surface area (Å²) < 4.78 is 4.58. The van der Waals surface area contributed by atoms with Crippen LogP contribution in [0.15, 0.2) is 10.8 Å². The molecule has 1 rings (SSSR count). The van der Waals surface area contributed by atoms with Crippen molar-refractivity contribution in [3.63, 3.8) is 0 Å². The molecule has 0 aliphatic heterocycles. The van der Waals surface area contributed by atoms with Crippen LogP contribution in [0.3, 0.4) is 0 Å². The Bertz CT molecular complexity index is 242. The molecular weight excluding hydrogens is 132 g/mol. The average molecular weight is 140 g/mol. The molecular formula is C6H8N2O2. The Morgan fingerprint density at radius 1 is 1.80 bits per heavy atom. The SMILES string of the molecule is CC(=O)Nc1nocc1C. The Labute approximate surface area is 58.2 Å². The first kappa shape index (κ1) is 6.80. The molecule has 0 bridgehead atoms. The average Bonchev–Trinajstić information content (AvgIpc) is 2.15. The van der Waals surface area contributed by atoms with Crippen molar-refractivity contribution in [1.82, 2.24) is 5.16 Å². The molecule has 10 heavy (non-hydrogen) atoms. The van der Waals surface area contributed by atoms with E-state index in [-0.39, 0.29) is 5.91 Å². The molecule has 0 spiro atoms. The van der Waals surface area contributed by atoms with Gasteiger partial charge in [-0.1, -0.05) is 5.16 Å². The zero-order valence-corrected chi connectivity index (χ0v) is 5.84. The van der Waals surface area contributed by atoms with Gasteiger partial charge in [0.1, 0.15) is 6.26 Å². The van der Waals surface area contributed by atoms with E-state index in [1.165, 1.54) is 13.2 Å². The van der Waals surface area contributed by atoms with Gasteiger partial charge in [-0.15, -0.1) is 0 Å². The van der Waals surface area contributed by atoms with Crippen molar-refractivity contribution in [3.05, 3.63) is 11.8 Å². The van der Waals surface area contributed by atoms with E-state index in [9.17, 15) is 4.79 Å². The standard InChI is InChI=1S/C6H8N2O2/c1-4-3-10-8-6(4)7-5(2)9/h3H,1-2H3,(H,7,8,9). The van der Waals surface area contributed by atoms with Gasteiger partial charge >= 0.3 is 0 Å². The van der Waals surface area contributed by atoms with E-state index in [1.807, 2.05) is 6.92 Å². The van der Waals surface area contributed by atoms with Crippen molar-refractivity contribution >= 4 is 11.7 Å². The molecule has 0 aromatic carbocycles. The van der Waals surface area contributed by atoms with Crippen LogP contribution in [-0.4, -0.2) is 11.1 Å². The molecule has 1 heterocycles. The monoisotopic (exact) mass is 140 g/mol. The number of aryl methyl sites for hydroxylation is 1. The Balaban J connectivity index is 2.74. The summed E-state index contributed by atoms with van der Waals surface area (Å²) in [6, 6.07) is 0. The highest BCUT2D eigenvalue weighted by Gasteiger charge is 2.02. The minimum atomic E-state index is -0.142. The summed E-state index contributed by atoms with van der Waals surface area (Å²) in [5.74, 6) is 0.351. The Morgan fingerprint density at radius 2 is 2.50 bits per heavy atom. The molecule has 0 atom stereocenters. The van der Waals surface area contributed by atoms with Gasteiger partial charge in [0.2, 0.25) is 5.91 Å². The first-order chi connectivity index (χ1) is 4.70. The van der Waals surface area contributed by atoms with Crippen LogP contribution in [0.1, 0.15) is 12.5 Å². The number of rotatable bonds is 1. The zero-order chi connectivity index (χ0) is 7.56. The normalized spacial score (nSPS) is 9.40. The molecule has 1 aromatic heterocycles. The molecule has 4 nitrogen and oxygen atoms in total. The fourth-order valence-electron chi connectivity index (χ4n) is 0.574. The van der Waals surface area contributed by atoms with Gasteiger partial charge in [-0.2, -0.15) is 0 Å². The third-order valence-corrected chi connectivity index (χ3v) is 1.04. The summed E-state index contributed by atoms with van der Waals surface area (Å²) in [7, 11) is 0. The molecule has 0 aliphatic rings. The number of anilines is 1. The number of aromatic nitrogens is 1. The van der Waals surface area contributed by atoms with Gasteiger partial charge in [-0.25, -0.2) is 0 Å². The quantitative estimate of drug-likeness (QED) is 0.631. The molecule has 0 aliphatic carbocycles. The van der Waals surface area contributed by atoms with Crippen molar-refractivity contribution in [2.75, 3.05) is 5.32 Å². The van der Waals surface area contributed by atoms with E-state index in [1.54, 1.807) is 0 Å². The Morgan fingerprint density at radius 3 is 2.90 bits per heavy atom. The van der Waals surface area contributed by atoms with Gasteiger partial charge in [0, 0.05) is 12.5 Å². The van der Waals surface area contributed by atoms with Crippen LogP contribution in [0.25, 0.3) is 0 Å². The van der Waals surface area contributed by atoms with Crippen molar-refractivity contribution in [3.8, 4) is 0 Å². The smallest absolute Gasteiger partial charge is 0.222 e.